The van der Waals surface area contributed by atoms with E-state index in [1.807, 2.05) is 0 Å². The summed E-state index contributed by atoms with van der Waals surface area (Å²) in [6, 6.07) is 9.62. The molecule has 2 rings (SSSR count). The lowest BCUT2D eigenvalue weighted by Gasteiger charge is -2.15. The van der Waals surface area contributed by atoms with Crippen LogP contribution in [0.15, 0.2) is 36.4 Å². The summed E-state index contributed by atoms with van der Waals surface area (Å²) in [5, 5.41) is 2.65. The summed E-state index contributed by atoms with van der Waals surface area (Å²) >= 11 is 0. The van der Waals surface area contributed by atoms with Gasteiger partial charge < -0.3 is 25.3 Å². The minimum absolute atomic E-state index is 0.173. The van der Waals surface area contributed by atoms with Crippen LogP contribution in [-0.2, 0) is 4.74 Å². The average Bonchev–Trinajstić information content (AvgIpc) is 2.61. The van der Waals surface area contributed by atoms with Gasteiger partial charge in [-0.2, -0.15) is 0 Å². The van der Waals surface area contributed by atoms with E-state index in [2.05, 4.69) is 5.32 Å². The number of para-hydroxylation sites is 2. The van der Waals surface area contributed by atoms with Gasteiger partial charge in [-0.3, -0.25) is 4.79 Å². The number of methoxy groups -OCH3 is 3. The van der Waals surface area contributed by atoms with Crippen molar-refractivity contribution in [1.82, 2.24) is 0 Å². The fraction of sp³-hybridized carbons (Fsp3) is 0.176. The van der Waals surface area contributed by atoms with E-state index in [0.717, 1.165) is 0 Å². The fourth-order valence-electron chi connectivity index (χ4n) is 2.21. The Morgan fingerprint density at radius 2 is 1.50 bits per heavy atom. The monoisotopic (exact) mass is 330 g/mol. The van der Waals surface area contributed by atoms with Crippen LogP contribution in [0.2, 0.25) is 0 Å². The molecule has 126 valence electrons. The zero-order chi connectivity index (χ0) is 17.7. The van der Waals surface area contributed by atoms with Crippen molar-refractivity contribution in [3.8, 4) is 11.5 Å². The van der Waals surface area contributed by atoms with Gasteiger partial charge in [0.2, 0.25) is 0 Å². The Kier molecular flexibility index (Phi) is 5.26. The summed E-state index contributed by atoms with van der Waals surface area (Å²) in [5.41, 5.74) is 6.73. The number of amides is 1. The van der Waals surface area contributed by atoms with Crippen molar-refractivity contribution in [3.05, 3.63) is 47.5 Å². The second kappa shape index (κ2) is 7.36. The van der Waals surface area contributed by atoms with Gasteiger partial charge in [0.05, 0.1) is 43.8 Å². The van der Waals surface area contributed by atoms with Crippen LogP contribution in [0.5, 0.6) is 11.5 Å². The number of nitrogen functional groups attached to an aromatic ring is 1. The lowest BCUT2D eigenvalue weighted by molar-refractivity contribution is 0.0601. The van der Waals surface area contributed by atoms with Crippen molar-refractivity contribution in [3.63, 3.8) is 0 Å². The molecule has 0 aromatic heterocycles. The number of carbonyl (C=O) groups excluding carboxylic acids is 2. The molecule has 0 spiro atoms. The van der Waals surface area contributed by atoms with Crippen molar-refractivity contribution in [1.29, 1.82) is 0 Å². The molecular weight excluding hydrogens is 312 g/mol. The van der Waals surface area contributed by atoms with Gasteiger partial charge in [-0.05, 0) is 24.3 Å². The van der Waals surface area contributed by atoms with Gasteiger partial charge in [0.25, 0.3) is 5.91 Å². The summed E-state index contributed by atoms with van der Waals surface area (Å²) in [5.74, 6) is -0.382. The zero-order valence-corrected chi connectivity index (χ0v) is 13.6. The van der Waals surface area contributed by atoms with Gasteiger partial charge in [-0.25, -0.2) is 4.79 Å². The molecule has 0 bridgehead atoms. The Morgan fingerprint density at radius 1 is 0.917 bits per heavy atom. The predicted molar refractivity (Wildman–Crippen MR) is 89.7 cm³/mol. The first kappa shape index (κ1) is 17.1. The molecule has 3 N–H and O–H groups in total. The van der Waals surface area contributed by atoms with Gasteiger partial charge >= 0.3 is 5.97 Å². The van der Waals surface area contributed by atoms with Crippen molar-refractivity contribution < 1.29 is 23.8 Å². The lowest BCUT2D eigenvalue weighted by atomic mass is 10.1. The Morgan fingerprint density at radius 3 is 2.08 bits per heavy atom. The molecule has 0 radical (unpaired) electrons. The first-order chi connectivity index (χ1) is 11.5. The van der Waals surface area contributed by atoms with Gasteiger partial charge in [-0.1, -0.05) is 12.1 Å². The van der Waals surface area contributed by atoms with Crippen LogP contribution in [0, 0.1) is 0 Å². The topological polar surface area (TPSA) is 99.9 Å². The van der Waals surface area contributed by atoms with Crippen LogP contribution >= 0.6 is 0 Å². The molecule has 2 aromatic carbocycles. The Balaban J connectivity index is 2.44. The first-order valence-corrected chi connectivity index (χ1v) is 7.02. The number of hydrogen-bond donors (Lipinski definition) is 2. The standard InChI is InChI=1S/C17H18N2O5/c1-22-12-8-4-6-10(14(12)18)16(20)19-15-11(17(21)24-3)7-5-9-13(15)23-2/h4-9H,18H2,1-3H3,(H,19,20). The van der Waals surface area contributed by atoms with Crippen molar-refractivity contribution in [2.24, 2.45) is 0 Å². The summed E-state index contributed by atoms with van der Waals surface area (Å²) in [6.45, 7) is 0. The summed E-state index contributed by atoms with van der Waals surface area (Å²) in [4.78, 5) is 24.5. The maximum Gasteiger partial charge on any atom is 0.340 e. The van der Waals surface area contributed by atoms with Crippen LogP contribution in [0.3, 0.4) is 0 Å². The number of nitrogens with two attached hydrogens (primary N) is 1. The van der Waals surface area contributed by atoms with E-state index < -0.39 is 11.9 Å². The normalized spacial score (nSPS) is 9.96. The molecule has 0 aliphatic heterocycles. The number of anilines is 2. The molecular formula is C17H18N2O5. The Labute approximate surface area is 139 Å². The van der Waals surface area contributed by atoms with E-state index in [4.69, 9.17) is 19.9 Å². The number of benzene rings is 2. The maximum absolute atomic E-state index is 12.6. The molecule has 0 heterocycles. The van der Waals surface area contributed by atoms with E-state index >= 15 is 0 Å². The molecule has 0 aliphatic carbocycles. The van der Waals surface area contributed by atoms with Crippen LogP contribution in [0.4, 0.5) is 11.4 Å². The number of esters is 1. The SMILES string of the molecule is COC(=O)c1cccc(OC)c1NC(=O)c1cccc(OC)c1N. The minimum atomic E-state index is -0.595. The molecule has 0 saturated heterocycles. The highest BCUT2D eigenvalue weighted by Gasteiger charge is 2.20. The molecule has 0 aliphatic rings. The second-order valence-corrected chi connectivity index (χ2v) is 4.75. The fourth-order valence-corrected chi connectivity index (χ4v) is 2.21. The Hall–Kier alpha value is -3.22. The number of carbonyl (C=O) groups is 2. The summed E-state index contributed by atoms with van der Waals surface area (Å²) < 4.78 is 15.1. The minimum Gasteiger partial charge on any atom is -0.495 e. The highest BCUT2D eigenvalue weighted by Crippen LogP contribution is 2.31. The quantitative estimate of drug-likeness (QED) is 0.645. The number of nitrogens with one attached hydrogen (secondary N) is 1. The zero-order valence-electron chi connectivity index (χ0n) is 13.6. The molecule has 2 aromatic rings. The molecule has 1 amide bonds. The van der Waals surface area contributed by atoms with Crippen LogP contribution in [0.25, 0.3) is 0 Å². The van der Waals surface area contributed by atoms with E-state index in [0.29, 0.717) is 11.5 Å². The van der Waals surface area contributed by atoms with Gasteiger partial charge in [0, 0.05) is 0 Å². The lowest BCUT2D eigenvalue weighted by Crippen LogP contribution is -2.18. The molecule has 7 heteroatoms. The van der Waals surface area contributed by atoms with Gasteiger partial charge in [0.1, 0.15) is 11.5 Å². The van der Waals surface area contributed by atoms with Crippen molar-refractivity contribution >= 4 is 23.3 Å². The highest BCUT2D eigenvalue weighted by molar-refractivity contribution is 6.12. The van der Waals surface area contributed by atoms with Crippen LogP contribution in [-0.4, -0.2) is 33.2 Å². The summed E-state index contributed by atoms with van der Waals surface area (Å²) in [7, 11) is 4.16. The molecule has 0 fully saturated rings. The number of ether oxygens (including phenoxy) is 3. The largest absolute Gasteiger partial charge is 0.495 e. The van der Waals surface area contributed by atoms with Gasteiger partial charge in [-0.15, -0.1) is 0 Å². The summed E-state index contributed by atoms with van der Waals surface area (Å²) in [6.07, 6.45) is 0. The Bertz CT molecular complexity index is 774. The third-order valence-electron chi connectivity index (χ3n) is 3.42. The molecule has 0 atom stereocenters. The smallest absolute Gasteiger partial charge is 0.340 e. The molecule has 7 nitrogen and oxygen atoms in total. The van der Waals surface area contributed by atoms with Crippen molar-refractivity contribution in [2.45, 2.75) is 0 Å². The van der Waals surface area contributed by atoms with E-state index in [-0.39, 0.29) is 22.5 Å². The molecule has 0 unspecified atom stereocenters. The third kappa shape index (κ3) is 3.24. The van der Waals surface area contributed by atoms with E-state index in [1.165, 1.54) is 27.4 Å². The number of hydrogen-bond acceptors (Lipinski definition) is 6. The predicted octanol–water partition coefficient (Wildman–Crippen LogP) is 2.32. The average molecular weight is 330 g/mol. The van der Waals surface area contributed by atoms with E-state index in [9.17, 15) is 9.59 Å². The third-order valence-corrected chi connectivity index (χ3v) is 3.42. The first-order valence-electron chi connectivity index (χ1n) is 7.02. The van der Waals surface area contributed by atoms with Crippen LogP contribution in [0.1, 0.15) is 20.7 Å². The van der Waals surface area contributed by atoms with Crippen LogP contribution < -0.4 is 20.5 Å². The molecule has 24 heavy (non-hydrogen) atoms. The highest BCUT2D eigenvalue weighted by atomic mass is 16.5. The van der Waals surface area contributed by atoms with E-state index in [1.54, 1.807) is 30.3 Å². The van der Waals surface area contributed by atoms with Gasteiger partial charge in [0.15, 0.2) is 0 Å². The number of rotatable bonds is 5. The molecule has 0 saturated carbocycles. The van der Waals surface area contributed by atoms with Crippen molar-refractivity contribution in [2.75, 3.05) is 32.4 Å². The second-order valence-electron chi connectivity index (χ2n) is 4.75. The maximum atomic E-state index is 12.6.